The van der Waals surface area contributed by atoms with Crippen LogP contribution in [0.15, 0.2) is 39.6 Å². The van der Waals surface area contributed by atoms with Gasteiger partial charge in [-0.3, -0.25) is 0 Å². The molecule has 0 radical (unpaired) electrons. The molecule has 1 aromatic heterocycles. The lowest BCUT2D eigenvalue weighted by molar-refractivity contribution is 0.394. The standard InChI is InChI=1S/C9H6INO2/c10-7-3-1-6(2-4-7)8-5-9(12)13-11-8/h1-5,11H. The van der Waals surface area contributed by atoms with Crippen LogP contribution in [0.4, 0.5) is 0 Å². The molecule has 0 fully saturated rings. The zero-order chi connectivity index (χ0) is 9.26. The van der Waals surface area contributed by atoms with E-state index in [9.17, 15) is 4.79 Å². The first-order valence-corrected chi connectivity index (χ1v) is 4.78. The van der Waals surface area contributed by atoms with Gasteiger partial charge in [0, 0.05) is 9.13 Å². The average molecular weight is 287 g/mol. The van der Waals surface area contributed by atoms with Crippen molar-refractivity contribution in [1.82, 2.24) is 5.16 Å². The number of benzene rings is 1. The molecular weight excluding hydrogens is 281 g/mol. The summed E-state index contributed by atoms with van der Waals surface area (Å²) in [6.07, 6.45) is 0. The fourth-order valence-corrected chi connectivity index (χ4v) is 1.41. The number of H-pyrrole nitrogens is 1. The summed E-state index contributed by atoms with van der Waals surface area (Å²) in [6, 6.07) is 9.25. The highest BCUT2D eigenvalue weighted by Crippen LogP contribution is 2.16. The van der Waals surface area contributed by atoms with E-state index in [0.29, 0.717) is 5.69 Å². The van der Waals surface area contributed by atoms with Gasteiger partial charge in [-0.05, 0) is 34.7 Å². The van der Waals surface area contributed by atoms with Crippen LogP contribution in [0.5, 0.6) is 0 Å². The van der Waals surface area contributed by atoms with E-state index in [-0.39, 0.29) is 5.63 Å². The predicted molar refractivity (Wildman–Crippen MR) is 57.5 cm³/mol. The first kappa shape index (κ1) is 8.55. The smallest absolute Gasteiger partial charge is 0.339 e. The maximum atomic E-state index is 10.7. The average Bonchev–Trinajstić information content (AvgIpc) is 2.53. The van der Waals surface area contributed by atoms with E-state index in [0.717, 1.165) is 9.13 Å². The zero-order valence-electron chi connectivity index (χ0n) is 6.58. The number of nitrogens with one attached hydrogen (secondary N) is 1. The number of rotatable bonds is 1. The predicted octanol–water partition coefficient (Wildman–Crippen LogP) is 2.24. The van der Waals surface area contributed by atoms with Gasteiger partial charge in [0.05, 0.1) is 11.8 Å². The van der Waals surface area contributed by atoms with Crippen molar-refractivity contribution in [2.24, 2.45) is 0 Å². The second kappa shape index (κ2) is 3.37. The maximum absolute atomic E-state index is 10.7. The molecule has 4 heteroatoms. The molecule has 1 N–H and O–H groups in total. The Morgan fingerprint density at radius 3 is 2.46 bits per heavy atom. The molecule has 1 aromatic carbocycles. The lowest BCUT2D eigenvalue weighted by atomic mass is 10.2. The van der Waals surface area contributed by atoms with Gasteiger partial charge in [-0.15, -0.1) is 0 Å². The Kier molecular flexibility index (Phi) is 2.22. The van der Waals surface area contributed by atoms with Gasteiger partial charge < -0.3 is 4.52 Å². The molecule has 0 bridgehead atoms. The lowest BCUT2D eigenvalue weighted by Crippen LogP contribution is -1.85. The second-order valence-electron chi connectivity index (χ2n) is 2.59. The second-order valence-corrected chi connectivity index (χ2v) is 3.83. The Hall–Kier alpha value is -1.04. The van der Waals surface area contributed by atoms with Gasteiger partial charge in [0.15, 0.2) is 0 Å². The number of hydrogen-bond donors (Lipinski definition) is 1. The largest absolute Gasteiger partial charge is 0.357 e. The number of aromatic nitrogens is 1. The highest BCUT2D eigenvalue weighted by molar-refractivity contribution is 14.1. The first-order valence-electron chi connectivity index (χ1n) is 3.70. The quantitative estimate of drug-likeness (QED) is 0.818. The molecule has 66 valence electrons. The van der Waals surface area contributed by atoms with Gasteiger partial charge in [-0.2, -0.15) is 0 Å². The van der Waals surface area contributed by atoms with Crippen LogP contribution >= 0.6 is 22.6 Å². The summed E-state index contributed by atoms with van der Waals surface area (Å²) in [4.78, 5) is 10.7. The lowest BCUT2D eigenvalue weighted by Gasteiger charge is -1.95. The third-order valence-corrected chi connectivity index (χ3v) is 2.40. The van der Waals surface area contributed by atoms with Crippen LogP contribution < -0.4 is 5.63 Å². The molecule has 0 aliphatic rings. The van der Waals surface area contributed by atoms with Crippen LogP contribution in [0, 0.1) is 3.57 Å². The number of aromatic amines is 1. The van der Waals surface area contributed by atoms with Gasteiger partial charge in [-0.25, -0.2) is 9.95 Å². The Morgan fingerprint density at radius 2 is 1.92 bits per heavy atom. The fraction of sp³-hybridized carbons (Fsp3) is 0. The normalized spacial score (nSPS) is 10.2. The van der Waals surface area contributed by atoms with E-state index >= 15 is 0 Å². The molecule has 0 aliphatic carbocycles. The van der Waals surface area contributed by atoms with E-state index < -0.39 is 0 Å². The molecule has 0 amide bonds. The van der Waals surface area contributed by atoms with Crippen LogP contribution in [-0.2, 0) is 0 Å². The summed E-state index contributed by atoms with van der Waals surface area (Å²) in [5, 5.41) is 2.55. The summed E-state index contributed by atoms with van der Waals surface area (Å²) in [5.41, 5.74) is 1.31. The third-order valence-electron chi connectivity index (χ3n) is 1.68. The summed E-state index contributed by atoms with van der Waals surface area (Å²) in [5.74, 6) is 0. The van der Waals surface area contributed by atoms with Crippen molar-refractivity contribution >= 4 is 22.6 Å². The third kappa shape index (κ3) is 1.82. The molecule has 0 unspecified atom stereocenters. The summed E-state index contributed by atoms with van der Waals surface area (Å²) < 4.78 is 5.73. The van der Waals surface area contributed by atoms with Crippen LogP contribution in [0.2, 0.25) is 0 Å². The highest BCUT2D eigenvalue weighted by atomic mass is 127. The molecule has 0 saturated carbocycles. The van der Waals surface area contributed by atoms with Gasteiger partial charge in [0.25, 0.3) is 0 Å². The Labute approximate surface area is 87.9 Å². The molecule has 13 heavy (non-hydrogen) atoms. The van der Waals surface area contributed by atoms with Gasteiger partial charge in [0.1, 0.15) is 0 Å². The van der Waals surface area contributed by atoms with Crippen molar-refractivity contribution < 1.29 is 4.52 Å². The molecule has 0 aliphatic heterocycles. The van der Waals surface area contributed by atoms with Crippen molar-refractivity contribution in [1.29, 1.82) is 0 Å². The van der Waals surface area contributed by atoms with Gasteiger partial charge in [-0.1, -0.05) is 12.1 Å². The number of halogens is 1. The Bertz CT molecular complexity index is 455. The van der Waals surface area contributed by atoms with E-state index in [1.165, 1.54) is 6.07 Å². The summed E-state index contributed by atoms with van der Waals surface area (Å²) in [7, 11) is 0. The van der Waals surface area contributed by atoms with E-state index in [4.69, 9.17) is 0 Å². The molecule has 1 heterocycles. The van der Waals surface area contributed by atoms with E-state index in [1.807, 2.05) is 24.3 Å². The Morgan fingerprint density at radius 1 is 1.23 bits per heavy atom. The van der Waals surface area contributed by atoms with Crippen LogP contribution in [0.25, 0.3) is 11.3 Å². The topological polar surface area (TPSA) is 46.0 Å². The SMILES string of the molecule is O=c1cc(-c2ccc(I)cc2)[nH]o1. The van der Waals surface area contributed by atoms with Crippen LogP contribution in [0.1, 0.15) is 0 Å². The van der Waals surface area contributed by atoms with Crippen molar-refractivity contribution in [3.05, 3.63) is 44.3 Å². The van der Waals surface area contributed by atoms with Crippen molar-refractivity contribution in [2.75, 3.05) is 0 Å². The maximum Gasteiger partial charge on any atom is 0.357 e. The summed E-state index contributed by atoms with van der Waals surface area (Å²) in [6.45, 7) is 0. The van der Waals surface area contributed by atoms with Crippen molar-refractivity contribution in [3.8, 4) is 11.3 Å². The molecule has 0 spiro atoms. The van der Waals surface area contributed by atoms with Gasteiger partial charge >= 0.3 is 5.63 Å². The minimum atomic E-state index is -0.353. The van der Waals surface area contributed by atoms with Crippen LogP contribution in [-0.4, -0.2) is 5.16 Å². The van der Waals surface area contributed by atoms with Crippen molar-refractivity contribution in [2.45, 2.75) is 0 Å². The first-order chi connectivity index (χ1) is 6.25. The van der Waals surface area contributed by atoms with Crippen LogP contribution in [0.3, 0.4) is 0 Å². The van der Waals surface area contributed by atoms with Gasteiger partial charge in [0.2, 0.25) is 0 Å². The number of hydrogen-bond acceptors (Lipinski definition) is 2. The molecule has 3 nitrogen and oxygen atoms in total. The molecule has 0 saturated heterocycles. The van der Waals surface area contributed by atoms with E-state index in [2.05, 4.69) is 32.3 Å². The Balaban J connectivity index is 2.47. The molecule has 2 aromatic rings. The van der Waals surface area contributed by atoms with E-state index in [1.54, 1.807) is 0 Å². The molecule has 0 atom stereocenters. The minimum absolute atomic E-state index is 0.353. The fourth-order valence-electron chi connectivity index (χ4n) is 1.05. The highest BCUT2D eigenvalue weighted by Gasteiger charge is 2.00. The zero-order valence-corrected chi connectivity index (χ0v) is 8.74. The molecule has 2 rings (SSSR count). The monoisotopic (exact) mass is 287 g/mol. The minimum Gasteiger partial charge on any atom is -0.339 e. The van der Waals surface area contributed by atoms with Crippen molar-refractivity contribution in [3.63, 3.8) is 0 Å². The summed E-state index contributed by atoms with van der Waals surface area (Å²) >= 11 is 2.23. The molecular formula is C9H6INO2.